The minimum absolute atomic E-state index is 0.112. The molecule has 3 rings (SSSR count). The highest BCUT2D eigenvalue weighted by Crippen LogP contribution is 2.33. The van der Waals surface area contributed by atoms with Crippen LogP contribution in [0.5, 0.6) is 0 Å². The van der Waals surface area contributed by atoms with Crippen molar-refractivity contribution in [3.63, 3.8) is 0 Å². The molecule has 0 atom stereocenters. The fraction of sp³-hybridized carbons (Fsp3) is 0.158. The summed E-state index contributed by atoms with van der Waals surface area (Å²) >= 11 is 0. The number of nitriles is 1. The summed E-state index contributed by atoms with van der Waals surface area (Å²) in [6.45, 7) is -0.671. The highest BCUT2D eigenvalue weighted by molar-refractivity contribution is 7.89. The summed E-state index contributed by atoms with van der Waals surface area (Å²) in [5.74, 6) is -0.870. The van der Waals surface area contributed by atoms with Crippen LogP contribution in [0.4, 0.5) is 18.9 Å². The number of hydrogen-bond acceptors (Lipinski definition) is 6. The third-order valence-electron chi connectivity index (χ3n) is 4.32. The molecule has 2 aromatic carbocycles. The van der Waals surface area contributed by atoms with E-state index in [9.17, 15) is 26.4 Å². The molecule has 3 aromatic rings. The van der Waals surface area contributed by atoms with Crippen LogP contribution in [0, 0.1) is 11.3 Å². The number of nitrogens with zero attached hydrogens (tertiary/aromatic N) is 5. The minimum Gasteiger partial charge on any atom is -0.323 e. The van der Waals surface area contributed by atoms with Crippen molar-refractivity contribution in [1.29, 1.82) is 5.26 Å². The maximum absolute atomic E-state index is 13.1. The van der Waals surface area contributed by atoms with Crippen molar-refractivity contribution in [3.8, 4) is 11.8 Å². The van der Waals surface area contributed by atoms with Crippen molar-refractivity contribution in [3.05, 3.63) is 66.2 Å². The Morgan fingerprint density at radius 3 is 2.47 bits per heavy atom. The van der Waals surface area contributed by atoms with E-state index in [2.05, 4.69) is 15.4 Å². The number of nitrogens with one attached hydrogen (secondary N) is 1. The molecule has 166 valence electrons. The van der Waals surface area contributed by atoms with Crippen molar-refractivity contribution >= 4 is 21.6 Å². The number of anilines is 1. The fourth-order valence-electron chi connectivity index (χ4n) is 2.70. The Bertz CT molecular complexity index is 1270. The highest BCUT2D eigenvalue weighted by atomic mass is 32.2. The van der Waals surface area contributed by atoms with Crippen LogP contribution in [0.2, 0.25) is 0 Å². The van der Waals surface area contributed by atoms with Crippen LogP contribution in [-0.2, 0) is 21.0 Å². The number of halogens is 3. The molecule has 1 aromatic heterocycles. The zero-order valence-corrected chi connectivity index (χ0v) is 17.2. The summed E-state index contributed by atoms with van der Waals surface area (Å²) < 4.78 is 66.6. The number of alkyl halides is 3. The first kappa shape index (κ1) is 22.9. The van der Waals surface area contributed by atoms with Crippen LogP contribution < -0.4 is 5.32 Å². The van der Waals surface area contributed by atoms with Gasteiger partial charge in [0.25, 0.3) is 0 Å². The van der Waals surface area contributed by atoms with E-state index in [1.165, 1.54) is 36.9 Å². The molecule has 9 nitrogen and oxygen atoms in total. The number of benzene rings is 2. The van der Waals surface area contributed by atoms with E-state index in [1.807, 2.05) is 6.07 Å². The van der Waals surface area contributed by atoms with Gasteiger partial charge in [-0.3, -0.25) is 4.79 Å². The predicted octanol–water partition coefficient (Wildman–Crippen LogP) is 2.42. The second kappa shape index (κ2) is 8.77. The fourth-order valence-corrected chi connectivity index (χ4v) is 3.83. The van der Waals surface area contributed by atoms with Crippen LogP contribution >= 0.6 is 0 Å². The summed E-state index contributed by atoms with van der Waals surface area (Å²) in [6.07, 6.45) is -2.25. The maximum Gasteiger partial charge on any atom is 0.416 e. The van der Waals surface area contributed by atoms with E-state index < -0.39 is 34.2 Å². The van der Waals surface area contributed by atoms with Gasteiger partial charge in [0.1, 0.15) is 12.7 Å². The van der Waals surface area contributed by atoms with Gasteiger partial charge < -0.3 is 5.32 Å². The average Bonchev–Trinajstić information content (AvgIpc) is 3.27. The number of carbonyl (C=O) groups excluding carboxylic acids is 1. The van der Waals surface area contributed by atoms with Crippen molar-refractivity contribution in [2.45, 2.75) is 11.1 Å². The largest absolute Gasteiger partial charge is 0.416 e. The van der Waals surface area contributed by atoms with Gasteiger partial charge in [-0.05, 0) is 42.5 Å². The quantitative estimate of drug-likeness (QED) is 0.598. The summed E-state index contributed by atoms with van der Waals surface area (Å²) in [4.78, 5) is 16.1. The van der Waals surface area contributed by atoms with E-state index in [-0.39, 0.29) is 21.8 Å². The SMILES string of the molecule is CN(CC(=O)Nc1cc(C(F)(F)F)ccc1-n1cncn1)S(=O)(=O)c1ccc(C#N)cc1. The van der Waals surface area contributed by atoms with Gasteiger partial charge in [-0.2, -0.15) is 27.8 Å². The smallest absolute Gasteiger partial charge is 0.323 e. The third kappa shape index (κ3) is 4.93. The summed E-state index contributed by atoms with van der Waals surface area (Å²) in [7, 11) is -2.93. The number of sulfonamides is 1. The minimum atomic E-state index is -4.66. The molecule has 0 radical (unpaired) electrons. The monoisotopic (exact) mass is 464 g/mol. The van der Waals surface area contributed by atoms with E-state index in [0.29, 0.717) is 0 Å². The number of amides is 1. The van der Waals surface area contributed by atoms with Gasteiger partial charge in [0, 0.05) is 7.05 Å². The Kier molecular flexibility index (Phi) is 6.28. The Balaban J connectivity index is 1.84. The molecule has 0 unspecified atom stereocenters. The Morgan fingerprint density at radius 1 is 1.22 bits per heavy atom. The maximum atomic E-state index is 13.1. The summed E-state index contributed by atoms with van der Waals surface area (Å²) in [6, 6.07) is 9.60. The number of hydrogen-bond donors (Lipinski definition) is 1. The Labute approximate surface area is 180 Å². The Morgan fingerprint density at radius 2 is 1.91 bits per heavy atom. The molecule has 1 N–H and O–H groups in total. The molecule has 0 aliphatic rings. The van der Waals surface area contributed by atoms with Crippen LogP contribution in [-0.4, -0.2) is 47.0 Å². The van der Waals surface area contributed by atoms with Crippen molar-refractivity contribution in [2.24, 2.45) is 0 Å². The average molecular weight is 464 g/mol. The zero-order chi connectivity index (χ0) is 23.5. The second-order valence-corrected chi connectivity index (χ2v) is 8.56. The lowest BCUT2D eigenvalue weighted by atomic mass is 10.1. The van der Waals surface area contributed by atoms with E-state index in [4.69, 9.17) is 5.26 Å². The molecule has 0 spiro atoms. The van der Waals surface area contributed by atoms with Crippen LogP contribution in [0.15, 0.2) is 60.0 Å². The lowest BCUT2D eigenvalue weighted by molar-refractivity contribution is -0.137. The highest BCUT2D eigenvalue weighted by Gasteiger charge is 2.31. The molecule has 0 aliphatic heterocycles. The van der Waals surface area contributed by atoms with E-state index in [0.717, 1.165) is 34.2 Å². The topological polar surface area (TPSA) is 121 Å². The molecule has 0 saturated heterocycles. The summed E-state index contributed by atoms with van der Waals surface area (Å²) in [5.41, 5.74) is -0.856. The predicted molar refractivity (Wildman–Crippen MR) is 106 cm³/mol. The standard InChI is InChI=1S/C19H15F3N6O3S/c1-27(32(30,31)15-5-2-13(9-23)3-6-15)10-18(29)26-16-8-14(19(20,21)22)4-7-17(16)28-12-24-11-25-28/h2-8,11-12H,10H2,1H3,(H,26,29). The molecular formula is C19H15F3N6O3S. The van der Waals surface area contributed by atoms with Gasteiger partial charge in [0.15, 0.2) is 0 Å². The van der Waals surface area contributed by atoms with E-state index >= 15 is 0 Å². The molecule has 13 heteroatoms. The van der Waals surface area contributed by atoms with Crippen molar-refractivity contribution < 1.29 is 26.4 Å². The van der Waals surface area contributed by atoms with Gasteiger partial charge in [-0.15, -0.1) is 0 Å². The second-order valence-electron chi connectivity index (χ2n) is 6.52. The normalized spacial score (nSPS) is 11.9. The molecule has 32 heavy (non-hydrogen) atoms. The molecular weight excluding hydrogens is 449 g/mol. The van der Waals surface area contributed by atoms with Crippen molar-refractivity contribution in [2.75, 3.05) is 18.9 Å². The first-order valence-corrected chi connectivity index (χ1v) is 10.3. The molecule has 0 bridgehead atoms. The van der Waals surface area contributed by atoms with Crippen LogP contribution in [0.3, 0.4) is 0 Å². The third-order valence-corrected chi connectivity index (χ3v) is 6.14. The summed E-state index contributed by atoms with van der Waals surface area (Å²) in [5, 5.41) is 15.0. The van der Waals surface area contributed by atoms with Crippen molar-refractivity contribution in [1.82, 2.24) is 19.1 Å². The first-order valence-electron chi connectivity index (χ1n) is 8.85. The molecule has 0 fully saturated rings. The molecule has 1 amide bonds. The number of aromatic nitrogens is 3. The Hall–Kier alpha value is -3.76. The van der Waals surface area contributed by atoms with Gasteiger partial charge in [0.2, 0.25) is 15.9 Å². The van der Waals surface area contributed by atoms with Crippen LogP contribution in [0.25, 0.3) is 5.69 Å². The van der Waals surface area contributed by atoms with Gasteiger partial charge in [0.05, 0.1) is 40.0 Å². The lowest BCUT2D eigenvalue weighted by Crippen LogP contribution is -2.35. The lowest BCUT2D eigenvalue weighted by Gasteiger charge is -2.18. The first-order chi connectivity index (χ1) is 15.0. The number of likely N-dealkylation sites (N-methyl/N-ethyl adjacent to an activating group) is 1. The molecule has 0 saturated carbocycles. The number of carbonyl (C=O) groups is 1. The number of rotatable bonds is 6. The van der Waals surface area contributed by atoms with Gasteiger partial charge in [-0.1, -0.05) is 0 Å². The molecule has 1 heterocycles. The van der Waals surface area contributed by atoms with Gasteiger partial charge >= 0.3 is 6.18 Å². The van der Waals surface area contributed by atoms with Crippen LogP contribution in [0.1, 0.15) is 11.1 Å². The molecule has 0 aliphatic carbocycles. The van der Waals surface area contributed by atoms with E-state index in [1.54, 1.807) is 0 Å². The van der Waals surface area contributed by atoms with Gasteiger partial charge in [-0.25, -0.2) is 18.1 Å². The zero-order valence-electron chi connectivity index (χ0n) is 16.4.